The van der Waals surface area contributed by atoms with Crippen LogP contribution in [0.25, 0.3) is 10.9 Å². The normalized spacial score (nSPS) is 11.8. The van der Waals surface area contributed by atoms with Crippen molar-refractivity contribution in [3.63, 3.8) is 0 Å². The quantitative estimate of drug-likeness (QED) is 0.647. The first-order valence-electron chi connectivity index (χ1n) is 5.85. The number of carbonyl (C=O) groups is 2. The molecule has 0 atom stereocenters. The molecule has 0 aliphatic heterocycles. The van der Waals surface area contributed by atoms with Crippen LogP contribution in [0.3, 0.4) is 0 Å². The highest BCUT2D eigenvalue weighted by molar-refractivity contribution is 6.85. The molecule has 2 rings (SSSR count). The molecule has 2 N–H and O–H groups in total. The summed E-state index contributed by atoms with van der Waals surface area (Å²) in [5, 5.41) is 10.6. The first-order chi connectivity index (χ1) is 8.73. The lowest BCUT2D eigenvalue weighted by molar-refractivity contribution is 0.100. The summed E-state index contributed by atoms with van der Waals surface area (Å²) in [6.45, 7) is 4.84. The van der Waals surface area contributed by atoms with E-state index in [9.17, 15) is 19.5 Å². The minimum absolute atomic E-state index is 0.119. The Labute approximate surface area is 111 Å². The fourth-order valence-electron chi connectivity index (χ4n) is 2.23. The minimum atomic E-state index is -2.59. The maximum Gasteiger partial charge on any atom is 0.416 e. The molecule has 1 aromatic heterocycles. The Hall–Kier alpha value is -1.92. The summed E-state index contributed by atoms with van der Waals surface area (Å²) in [5.41, 5.74) is 0.554. The fraction of sp³-hybridized carbons (Fsp3) is 0.231. The summed E-state index contributed by atoms with van der Waals surface area (Å²) in [5.74, 6) is -0.318. The van der Waals surface area contributed by atoms with E-state index in [0.29, 0.717) is 10.9 Å². The van der Waals surface area contributed by atoms with Gasteiger partial charge in [-0.25, -0.2) is 9.36 Å². The SMILES string of the molecule is CC(=O)c1cc2c([Si](C)(C)O)cccc2n1C(=O)O. The van der Waals surface area contributed by atoms with Crippen LogP contribution >= 0.6 is 0 Å². The van der Waals surface area contributed by atoms with Crippen molar-refractivity contribution < 1.29 is 19.5 Å². The lowest BCUT2D eigenvalue weighted by atomic mass is 10.2. The van der Waals surface area contributed by atoms with E-state index in [4.69, 9.17) is 0 Å². The van der Waals surface area contributed by atoms with Crippen molar-refractivity contribution >= 4 is 36.3 Å². The highest BCUT2D eigenvalue weighted by Gasteiger charge is 2.26. The number of carboxylic acid groups (broad SMARTS) is 1. The number of nitrogens with zero attached hydrogens (tertiary/aromatic N) is 1. The minimum Gasteiger partial charge on any atom is -0.464 e. The van der Waals surface area contributed by atoms with Gasteiger partial charge in [0.25, 0.3) is 0 Å². The third-order valence-electron chi connectivity index (χ3n) is 3.06. The van der Waals surface area contributed by atoms with Crippen LogP contribution in [0.2, 0.25) is 13.1 Å². The van der Waals surface area contributed by atoms with Crippen molar-refractivity contribution in [3.05, 3.63) is 30.0 Å². The third-order valence-corrected chi connectivity index (χ3v) is 4.81. The predicted octanol–water partition coefficient (Wildman–Crippen LogP) is 1.77. The molecule has 0 bridgehead atoms. The van der Waals surface area contributed by atoms with Crippen molar-refractivity contribution in [1.29, 1.82) is 0 Å². The second-order valence-electron chi connectivity index (χ2n) is 5.00. The second kappa shape index (κ2) is 4.32. The number of hydrogen-bond donors (Lipinski definition) is 2. The molecular formula is C13H15NO4Si. The Kier molecular flexibility index (Phi) is 3.07. The van der Waals surface area contributed by atoms with Gasteiger partial charge in [0.15, 0.2) is 5.78 Å². The van der Waals surface area contributed by atoms with E-state index in [1.165, 1.54) is 6.92 Å². The van der Waals surface area contributed by atoms with Gasteiger partial charge in [0.2, 0.25) is 8.32 Å². The molecule has 6 heteroatoms. The Morgan fingerprint density at radius 2 is 1.89 bits per heavy atom. The summed E-state index contributed by atoms with van der Waals surface area (Å²) in [7, 11) is -2.59. The van der Waals surface area contributed by atoms with Crippen LogP contribution in [-0.2, 0) is 0 Å². The van der Waals surface area contributed by atoms with Gasteiger partial charge in [-0.3, -0.25) is 4.79 Å². The molecule has 0 radical (unpaired) electrons. The van der Waals surface area contributed by atoms with Gasteiger partial charge >= 0.3 is 6.09 Å². The molecule has 100 valence electrons. The van der Waals surface area contributed by atoms with Gasteiger partial charge in [-0.15, -0.1) is 0 Å². The van der Waals surface area contributed by atoms with Crippen LogP contribution in [-0.4, -0.2) is 34.7 Å². The molecule has 0 amide bonds. The second-order valence-corrected chi connectivity index (χ2v) is 8.66. The van der Waals surface area contributed by atoms with Crippen molar-refractivity contribution in [3.8, 4) is 0 Å². The number of aromatic nitrogens is 1. The van der Waals surface area contributed by atoms with Gasteiger partial charge in [-0.2, -0.15) is 0 Å². The first kappa shape index (κ1) is 13.5. The monoisotopic (exact) mass is 277 g/mol. The lowest BCUT2D eigenvalue weighted by Crippen LogP contribution is -2.41. The summed E-state index contributed by atoms with van der Waals surface area (Å²) < 4.78 is 0.974. The zero-order valence-corrected chi connectivity index (χ0v) is 12.0. The van der Waals surface area contributed by atoms with Crippen molar-refractivity contribution in [1.82, 2.24) is 4.57 Å². The average molecular weight is 277 g/mol. The zero-order chi connectivity index (χ0) is 14.4. The molecule has 0 aliphatic carbocycles. The van der Waals surface area contributed by atoms with Gasteiger partial charge in [0.05, 0.1) is 11.2 Å². The van der Waals surface area contributed by atoms with Gasteiger partial charge in [0.1, 0.15) is 0 Å². The lowest BCUT2D eigenvalue weighted by Gasteiger charge is -2.15. The van der Waals surface area contributed by atoms with Crippen LogP contribution < -0.4 is 5.19 Å². The topological polar surface area (TPSA) is 79.5 Å². The molecule has 2 aromatic rings. The number of fused-ring (bicyclic) bond motifs is 1. The summed E-state index contributed by atoms with van der Waals surface area (Å²) >= 11 is 0. The molecule has 19 heavy (non-hydrogen) atoms. The molecule has 5 nitrogen and oxygen atoms in total. The maximum absolute atomic E-state index is 11.6. The third kappa shape index (κ3) is 2.20. The molecule has 0 spiro atoms. The van der Waals surface area contributed by atoms with E-state index in [-0.39, 0.29) is 11.5 Å². The van der Waals surface area contributed by atoms with Gasteiger partial charge in [-0.1, -0.05) is 12.1 Å². The smallest absolute Gasteiger partial charge is 0.416 e. The molecule has 0 saturated heterocycles. The molecule has 0 aliphatic rings. The van der Waals surface area contributed by atoms with E-state index in [0.717, 1.165) is 9.75 Å². The Morgan fingerprint density at radius 3 is 2.37 bits per heavy atom. The van der Waals surface area contributed by atoms with E-state index >= 15 is 0 Å². The van der Waals surface area contributed by atoms with Crippen molar-refractivity contribution in [2.75, 3.05) is 0 Å². The first-order valence-corrected chi connectivity index (χ1v) is 8.79. The number of rotatable bonds is 2. The Balaban J connectivity index is 2.91. The summed E-state index contributed by atoms with van der Waals surface area (Å²) in [6.07, 6.45) is -1.20. The number of Topliss-reactive ketones (excluding diaryl/α,β-unsaturated/α-hetero) is 1. The highest BCUT2D eigenvalue weighted by Crippen LogP contribution is 2.21. The highest BCUT2D eigenvalue weighted by atomic mass is 28.4. The fourth-order valence-corrected chi connectivity index (χ4v) is 3.59. The van der Waals surface area contributed by atoms with E-state index in [1.54, 1.807) is 37.4 Å². The molecule has 0 unspecified atom stereocenters. The molecule has 1 heterocycles. The average Bonchev–Trinajstić information content (AvgIpc) is 2.66. The molecule has 1 aromatic carbocycles. The van der Waals surface area contributed by atoms with Crippen LogP contribution in [0, 0.1) is 0 Å². The summed E-state index contributed by atoms with van der Waals surface area (Å²) in [4.78, 5) is 33.1. The number of ketones is 1. The Bertz CT molecular complexity index is 682. The number of hydrogen-bond acceptors (Lipinski definition) is 3. The molecule has 0 fully saturated rings. The van der Waals surface area contributed by atoms with E-state index in [1.807, 2.05) is 0 Å². The van der Waals surface area contributed by atoms with Crippen molar-refractivity contribution in [2.24, 2.45) is 0 Å². The largest absolute Gasteiger partial charge is 0.464 e. The number of carbonyl (C=O) groups excluding carboxylic acids is 1. The predicted molar refractivity (Wildman–Crippen MR) is 74.7 cm³/mol. The summed E-state index contributed by atoms with van der Waals surface area (Å²) in [6, 6.07) is 6.67. The zero-order valence-electron chi connectivity index (χ0n) is 11.0. The van der Waals surface area contributed by atoms with Crippen LogP contribution in [0.5, 0.6) is 0 Å². The maximum atomic E-state index is 11.6. The number of benzene rings is 1. The van der Waals surface area contributed by atoms with Gasteiger partial charge < -0.3 is 9.90 Å². The standard InChI is InChI=1S/C13H15NO4Si/c1-8(15)11-7-9-10(14(11)13(16)17)5-4-6-12(9)19(2,3)18/h4-7,18H,1-3H3,(H,16,17). The van der Waals surface area contributed by atoms with Crippen molar-refractivity contribution in [2.45, 2.75) is 20.0 Å². The van der Waals surface area contributed by atoms with E-state index < -0.39 is 14.4 Å². The van der Waals surface area contributed by atoms with Gasteiger partial charge in [0, 0.05) is 12.3 Å². The van der Waals surface area contributed by atoms with E-state index in [2.05, 4.69) is 0 Å². The van der Waals surface area contributed by atoms with Crippen LogP contribution in [0.4, 0.5) is 4.79 Å². The van der Waals surface area contributed by atoms with Crippen LogP contribution in [0.1, 0.15) is 17.4 Å². The molecular weight excluding hydrogens is 262 g/mol. The molecule has 0 saturated carbocycles. The van der Waals surface area contributed by atoms with Crippen LogP contribution in [0.15, 0.2) is 24.3 Å². The van der Waals surface area contributed by atoms with Gasteiger partial charge in [-0.05, 0) is 30.4 Å². The Morgan fingerprint density at radius 1 is 1.26 bits per heavy atom.